The Kier molecular flexibility index (Phi) is 5.42. The quantitative estimate of drug-likeness (QED) is 0.859. The number of hydrogen-bond acceptors (Lipinski definition) is 3. The zero-order valence-corrected chi connectivity index (χ0v) is 11.6. The van der Waals surface area contributed by atoms with Crippen molar-refractivity contribution in [1.29, 1.82) is 0 Å². The first-order chi connectivity index (χ1) is 8.81. The van der Waals surface area contributed by atoms with E-state index < -0.39 is 0 Å². The van der Waals surface area contributed by atoms with Gasteiger partial charge in [0.2, 0.25) is 0 Å². The topological polar surface area (TPSA) is 34.1 Å². The predicted molar refractivity (Wildman–Crippen MR) is 73.9 cm³/mol. The molecule has 1 saturated heterocycles. The third-order valence-corrected chi connectivity index (χ3v) is 3.69. The molecule has 2 unspecified atom stereocenters. The zero-order valence-electron chi connectivity index (χ0n) is 10.9. The zero-order chi connectivity index (χ0) is 12.8. The van der Waals surface area contributed by atoms with Crippen molar-refractivity contribution in [3.8, 4) is 0 Å². The van der Waals surface area contributed by atoms with Crippen LogP contribution in [0.1, 0.15) is 44.3 Å². The predicted octanol–water partition coefficient (Wildman–Crippen LogP) is 3.34. The molecule has 100 valence electrons. The van der Waals surface area contributed by atoms with Gasteiger partial charge >= 0.3 is 0 Å². The average molecular weight is 269 g/mol. The highest BCUT2D eigenvalue weighted by atomic mass is 35.5. The van der Waals surface area contributed by atoms with Crippen molar-refractivity contribution < 1.29 is 4.74 Å². The molecule has 1 aromatic rings. The van der Waals surface area contributed by atoms with Crippen LogP contribution in [-0.2, 0) is 4.74 Å². The summed E-state index contributed by atoms with van der Waals surface area (Å²) in [5.41, 5.74) is 0.957. The number of aromatic nitrogens is 1. The van der Waals surface area contributed by atoms with Crippen molar-refractivity contribution in [2.24, 2.45) is 0 Å². The average Bonchev–Trinajstić information content (AvgIpc) is 2.88. The monoisotopic (exact) mass is 268 g/mol. The maximum atomic E-state index is 6.22. The number of nitrogens with zero attached hydrogens (tertiary/aromatic N) is 1. The Labute approximate surface area is 114 Å². The van der Waals surface area contributed by atoms with E-state index in [0.717, 1.165) is 36.7 Å². The van der Waals surface area contributed by atoms with Gasteiger partial charge in [-0.15, -0.1) is 0 Å². The van der Waals surface area contributed by atoms with Crippen molar-refractivity contribution in [1.82, 2.24) is 10.3 Å². The van der Waals surface area contributed by atoms with E-state index in [1.54, 1.807) is 6.20 Å². The molecule has 1 fully saturated rings. The summed E-state index contributed by atoms with van der Waals surface area (Å²) in [6.45, 7) is 3.94. The van der Waals surface area contributed by atoms with Gasteiger partial charge in [-0.3, -0.25) is 4.98 Å². The van der Waals surface area contributed by atoms with Crippen molar-refractivity contribution in [2.75, 3.05) is 13.2 Å². The van der Waals surface area contributed by atoms with Gasteiger partial charge in [0.15, 0.2) is 0 Å². The van der Waals surface area contributed by atoms with Gasteiger partial charge in [-0.2, -0.15) is 0 Å². The van der Waals surface area contributed by atoms with Crippen molar-refractivity contribution in [3.05, 3.63) is 29.0 Å². The molecule has 1 aliphatic rings. The SMILES string of the molecule is CCNC(CCC1CCCO1)c1ncccc1Cl. The number of rotatable bonds is 6. The van der Waals surface area contributed by atoms with E-state index in [1.807, 2.05) is 12.1 Å². The molecular formula is C14H21ClN2O. The number of halogens is 1. The number of hydrogen-bond donors (Lipinski definition) is 1. The highest BCUT2D eigenvalue weighted by Gasteiger charge is 2.20. The minimum Gasteiger partial charge on any atom is -0.378 e. The maximum absolute atomic E-state index is 6.22. The molecule has 1 aliphatic heterocycles. The van der Waals surface area contributed by atoms with E-state index in [2.05, 4.69) is 17.2 Å². The molecule has 0 saturated carbocycles. The maximum Gasteiger partial charge on any atom is 0.0758 e. The van der Waals surface area contributed by atoms with Crippen LogP contribution in [-0.4, -0.2) is 24.2 Å². The summed E-state index contributed by atoms with van der Waals surface area (Å²) in [4.78, 5) is 4.41. The fourth-order valence-electron chi connectivity index (χ4n) is 2.46. The van der Waals surface area contributed by atoms with Gasteiger partial charge in [0.1, 0.15) is 0 Å². The number of nitrogens with one attached hydrogen (secondary N) is 1. The van der Waals surface area contributed by atoms with Crippen LogP contribution in [0.2, 0.25) is 5.02 Å². The van der Waals surface area contributed by atoms with Crippen molar-refractivity contribution in [2.45, 2.75) is 44.8 Å². The molecule has 0 aromatic carbocycles. The third kappa shape index (κ3) is 3.67. The smallest absolute Gasteiger partial charge is 0.0758 e. The first-order valence-electron chi connectivity index (χ1n) is 6.76. The Morgan fingerprint density at radius 3 is 3.17 bits per heavy atom. The molecule has 3 nitrogen and oxygen atoms in total. The van der Waals surface area contributed by atoms with Crippen molar-refractivity contribution in [3.63, 3.8) is 0 Å². The van der Waals surface area contributed by atoms with E-state index in [1.165, 1.54) is 12.8 Å². The summed E-state index contributed by atoms with van der Waals surface area (Å²) < 4.78 is 5.67. The van der Waals surface area contributed by atoms with Crippen LogP contribution in [0.25, 0.3) is 0 Å². The fraction of sp³-hybridized carbons (Fsp3) is 0.643. The van der Waals surface area contributed by atoms with Crippen LogP contribution < -0.4 is 5.32 Å². The van der Waals surface area contributed by atoms with Gasteiger partial charge in [-0.25, -0.2) is 0 Å². The lowest BCUT2D eigenvalue weighted by Gasteiger charge is -2.20. The molecule has 0 bridgehead atoms. The molecule has 0 amide bonds. The van der Waals surface area contributed by atoms with Gasteiger partial charge < -0.3 is 10.1 Å². The number of pyridine rings is 1. The number of ether oxygens (including phenoxy) is 1. The molecule has 1 N–H and O–H groups in total. The highest BCUT2D eigenvalue weighted by molar-refractivity contribution is 6.31. The molecule has 18 heavy (non-hydrogen) atoms. The normalized spacial score (nSPS) is 21.1. The highest BCUT2D eigenvalue weighted by Crippen LogP contribution is 2.26. The first-order valence-corrected chi connectivity index (χ1v) is 7.14. The van der Waals surface area contributed by atoms with Crippen LogP contribution in [0, 0.1) is 0 Å². The second kappa shape index (κ2) is 7.07. The Balaban J connectivity index is 1.96. The summed E-state index contributed by atoms with van der Waals surface area (Å²) in [6.07, 6.45) is 6.71. The summed E-state index contributed by atoms with van der Waals surface area (Å²) in [7, 11) is 0. The largest absolute Gasteiger partial charge is 0.378 e. The summed E-state index contributed by atoms with van der Waals surface area (Å²) in [5.74, 6) is 0. The molecule has 1 aromatic heterocycles. The molecule has 4 heteroatoms. The van der Waals surface area contributed by atoms with E-state index in [4.69, 9.17) is 16.3 Å². The second-order valence-electron chi connectivity index (χ2n) is 4.69. The van der Waals surface area contributed by atoms with Gasteiger partial charge in [0, 0.05) is 12.8 Å². The van der Waals surface area contributed by atoms with E-state index in [9.17, 15) is 0 Å². The Hall–Kier alpha value is -0.640. The summed E-state index contributed by atoms with van der Waals surface area (Å²) >= 11 is 6.22. The van der Waals surface area contributed by atoms with Crippen LogP contribution >= 0.6 is 11.6 Å². The molecule has 2 atom stereocenters. The van der Waals surface area contributed by atoms with Crippen molar-refractivity contribution >= 4 is 11.6 Å². The Bertz CT molecular complexity index is 367. The fourth-order valence-corrected chi connectivity index (χ4v) is 2.71. The molecular weight excluding hydrogens is 248 g/mol. The van der Waals surface area contributed by atoms with Gasteiger partial charge in [0.05, 0.1) is 22.9 Å². The third-order valence-electron chi connectivity index (χ3n) is 3.37. The second-order valence-corrected chi connectivity index (χ2v) is 5.10. The lowest BCUT2D eigenvalue weighted by molar-refractivity contribution is 0.0995. The van der Waals surface area contributed by atoms with Crippen LogP contribution in [0.4, 0.5) is 0 Å². The summed E-state index contributed by atoms with van der Waals surface area (Å²) in [5, 5.41) is 4.21. The lowest BCUT2D eigenvalue weighted by Crippen LogP contribution is -2.23. The molecule has 0 radical (unpaired) electrons. The van der Waals surface area contributed by atoms with Gasteiger partial charge in [0.25, 0.3) is 0 Å². The van der Waals surface area contributed by atoms with Gasteiger partial charge in [-0.1, -0.05) is 18.5 Å². The minimum atomic E-state index is 0.230. The van der Waals surface area contributed by atoms with E-state index >= 15 is 0 Å². The molecule has 2 heterocycles. The van der Waals surface area contributed by atoms with Crippen LogP contribution in [0.15, 0.2) is 18.3 Å². The van der Waals surface area contributed by atoms with Gasteiger partial charge in [-0.05, 0) is 44.4 Å². The Morgan fingerprint density at radius 1 is 1.61 bits per heavy atom. The molecule has 2 rings (SSSR count). The van der Waals surface area contributed by atoms with E-state index in [0.29, 0.717) is 6.10 Å². The van der Waals surface area contributed by atoms with Crippen LogP contribution in [0.3, 0.4) is 0 Å². The molecule has 0 aliphatic carbocycles. The standard InChI is InChI=1S/C14H21ClN2O/c1-2-16-13(8-7-11-5-4-10-18-11)14-12(15)6-3-9-17-14/h3,6,9,11,13,16H,2,4-5,7-8,10H2,1H3. The first kappa shape index (κ1) is 13.8. The summed E-state index contributed by atoms with van der Waals surface area (Å²) in [6, 6.07) is 4.00. The molecule has 0 spiro atoms. The minimum absolute atomic E-state index is 0.230. The Morgan fingerprint density at radius 2 is 2.50 bits per heavy atom. The van der Waals surface area contributed by atoms with E-state index in [-0.39, 0.29) is 6.04 Å². The van der Waals surface area contributed by atoms with Crippen LogP contribution in [0.5, 0.6) is 0 Å². The lowest BCUT2D eigenvalue weighted by atomic mass is 10.0.